The summed E-state index contributed by atoms with van der Waals surface area (Å²) in [5.74, 6) is -1.24. The van der Waals surface area contributed by atoms with E-state index in [1.807, 2.05) is 0 Å². The highest BCUT2D eigenvalue weighted by atomic mass is 16.4. The molecule has 1 fully saturated rings. The van der Waals surface area contributed by atoms with Crippen molar-refractivity contribution >= 4 is 11.9 Å². The second-order valence-electron chi connectivity index (χ2n) is 5.51. The summed E-state index contributed by atoms with van der Waals surface area (Å²) in [7, 11) is 0. The maximum Gasteiger partial charge on any atom is 0.306 e. The third-order valence-corrected chi connectivity index (χ3v) is 4.11. The molecule has 6 heteroatoms. The van der Waals surface area contributed by atoms with E-state index in [1.54, 1.807) is 13.8 Å². The summed E-state index contributed by atoms with van der Waals surface area (Å²) in [6.07, 6.45) is 3.57. The van der Waals surface area contributed by atoms with Gasteiger partial charge in [-0.25, -0.2) is 0 Å². The van der Waals surface area contributed by atoms with E-state index in [9.17, 15) is 14.7 Å². The molecule has 0 aromatic carbocycles. The lowest BCUT2D eigenvalue weighted by Gasteiger charge is -2.28. The zero-order valence-electron chi connectivity index (χ0n) is 11.9. The first-order valence-electron chi connectivity index (χ1n) is 7.03. The highest BCUT2D eigenvalue weighted by Gasteiger charge is 2.31. The van der Waals surface area contributed by atoms with Crippen LogP contribution in [0.3, 0.4) is 0 Å². The van der Waals surface area contributed by atoms with Crippen LogP contribution in [-0.2, 0) is 4.79 Å². The Hall–Kier alpha value is -1.85. The van der Waals surface area contributed by atoms with Crippen molar-refractivity contribution in [1.29, 1.82) is 0 Å². The zero-order chi connectivity index (χ0) is 14.7. The molecule has 0 spiro atoms. The number of amides is 1. The fourth-order valence-corrected chi connectivity index (χ4v) is 2.97. The normalized spacial score (nSPS) is 22.5. The van der Waals surface area contributed by atoms with E-state index >= 15 is 0 Å². The second kappa shape index (κ2) is 6.07. The number of carbonyl (C=O) groups excluding carboxylic acids is 1. The van der Waals surface area contributed by atoms with Crippen LogP contribution in [0, 0.1) is 25.7 Å². The predicted molar refractivity (Wildman–Crippen MR) is 73.5 cm³/mol. The maximum absolute atomic E-state index is 12.1. The van der Waals surface area contributed by atoms with Gasteiger partial charge in [0, 0.05) is 12.2 Å². The molecule has 1 aromatic rings. The molecule has 110 valence electrons. The van der Waals surface area contributed by atoms with Gasteiger partial charge in [0.2, 0.25) is 0 Å². The lowest BCUT2D eigenvalue weighted by Crippen LogP contribution is -2.37. The van der Waals surface area contributed by atoms with Gasteiger partial charge in [0.1, 0.15) is 0 Å². The van der Waals surface area contributed by atoms with Gasteiger partial charge in [-0.15, -0.1) is 0 Å². The molecule has 0 aliphatic heterocycles. The van der Waals surface area contributed by atoms with Gasteiger partial charge in [-0.05, 0) is 32.6 Å². The first kappa shape index (κ1) is 14.6. The molecule has 2 unspecified atom stereocenters. The fourth-order valence-electron chi connectivity index (χ4n) is 2.97. The Kier molecular flexibility index (Phi) is 4.42. The molecule has 1 heterocycles. The molecule has 2 atom stereocenters. The van der Waals surface area contributed by atoms with E-state index in [0.29, 0.717) is 24.2 Å². The number of carboxylic acid groups (broad SMARTS) is 1. The summed E-state index contributed by atoms with van der Waals surface area (Å²) >= 11 is 0. The van der Waals surface area contributed by atoms with Crippen LogP contribution in [-0.4, -0.2) is 33.7 Å². The number of H-pyrrole nitrogens is 1. The fraction of sp³-hybridized carbons (Fsp3) is 0.643. The van der Waals surface area contributed by atoms with Crippen LogP contribution in [0.5, 0.6) is 0 Å². The number of nitrogens with zero attached hydrogens (tertiary/aromatic N) is 1. The lowest BCUT2D eigenvalue weighted by molar-refractivity contribution is -0.144. The van der Waals surface area contributed by atoms with Crippen LogP contribution in [0.25, 0.3) is 0 Å². The van der Waals surface area contributed by atoms with Crippen LogP contribution in [0.2, 0.25) is 0 Å². The second-order valence-corrected chi connectivity index (χ2v) is 5.51. The minimum atomic E-state index is -0.750. The minimum Gasteiger partial charge on any atom is -0.481 e. The molecule has 0 bridgehead atoms. The van der Waals surface area contributed by atoms with E-state index < -0.39 is 5.97 Å². The molecular weight excluding hydrogens is 258 g/mol. The number of aliphatic carboxylic acids is 1. The number of aromatic nitrogens is 2. The van der Waals surface area contributed by atoms with Gasteiger partial charge in [0.05, 0.1) is 17.2 Å². The minimum absolute atomic E-state index is 0.0257. The molecule has 1 aliphatic rings. The molecule has 0 saturated heterocycles. The highest BCUT2D eigenvalue weighted by molar-refractivity contribution is 5.96. The Balaban J connectivity index is 1.97. The summed E-state index contributed by atoms with van der Waals surface area (Å²) in [6.45, 7) is 3.99. The lowest BCUT2D eigenvalue weighted by atomic mass is 9.79. The van der Waals surface area contributed by atoms with E-state index in [1.165, 1.54) is 0 Å². The average molecular weight is 279 g/mol. The van der Waals surface area contributed by atoms with Gasteiger partial charge in [-0.3, -0.25) is 14.7 Å². The number of aryl methyl sites for hydroxylation is 2. The Morgan fingerprint density at radius 3 is 2.65 bits per heavy atom. The topological polar surface area (TPSA) is 95.1 Å². The van der Waals surface area contributed by atoms with Gasteiger partial charge in [-0.2, -0.15) is 5.10 Å². The molecule has 2 rings (SSSR count). The summed E-state index contributed by atoms with van der Waals surface area (Å²) in [6, 6.07) is 0. The van der Waals surface area contributed by atoms with Crippen molar-refractivity contribution in [3.63, 3.8) is 0 Å². The monoisotopic (exact) mass is 279 g/mol. The Morgan fingerprint density at radius 1 is 1.35 bits per heavy atom. The molecule has 1 amide bonds. The molecule has 1 saturated carbocycles. The first-order chi connectivity index (χ1) is 9.50. The SMILES string of the molecule is Cc1n[nH]c(C)c1C(=O)NCC1CCCCC1C(=O)O. The van der Waals surface area contributed by atoms with E-state index in [0.717, 1.165) is 25.0 Å². The van der Waals surface area contributed by atoms with Crippen LogP contribution in [0.4, 0.5) is 0 Å². The predicted octanol–water partition coefficient (Wildman–Crippen LogP) is 1.65. The summed E-state index contributed by atoms with van der Waals surface area (Å²) in [4.78, 5) is 23.4. The van der Waals surface area contributed by atoms with E-state index in [-0.39, 0.29) is 17.7 Å². The summed E-state index contributed by atoms with van der Waals surface area (Å²) < 4.78 is 0. The molecule has 20 heavy (non-hydrogen) atoms. The van der Waals surface area contributed by atoms with Gasteiger partial charge in [-0.1, -0.05) is 12.8 Å². The van der Waals surface area contributed by atoms with Crippen LogP contribution in [0.15, 0.2) is 0 Å². The van der Waals surface area contributed by atoms with Gasteiger partial charge < -0.3 is 10.4 Å². The van der Waals surface area contributed by atoms with Crippen LogP contribution < -0.4 is 5.32 Å². The van der Waals surface area contributed by atoms with Crippen LogP contribution >= 0.6 is 0 Å². The van der Waals surface area contributed by atoms with Crippen molar-refractivity contribution in [3.05, 3.63) is 17.0 Å². The van der Waals surface area contributed by atoms with Crippen molar-refractivity contribution in [2.75, 3.05) is 6.54 Å². The number of hydrogen-bond donors (Lipinski definition) is 3. The highest BCUT2D eigenvalue weighted by Crippen LogP contribution is 2.29. The number of rotatable bonds is 4. The average Bonchev–Trinajstić information content (AvgIpc) is 2.76. The van der Waals surface area contributed by atoms with Crippen LogP contribution in [0.1, 0.15) is 47.4 Å². The van der Waals surface area contributed by atoms with Gasteiger partial charge >= 0.3 is 5.97 Å². The van der Waals surface area contributed by atoms with Crippen molar-refractivity contribution in [2.24, 2.45) is 11.8 Å². The Bertz CT molecular complexity index is 490. The Morgan fingerprint density at radius 2 is 2.05 bits per heavy atom. The van der Waals surface area contributed by atoms with Crippen molar-refractivity contribution in [2.45, 2.75) is 39.5 Å². The number of nitrogens with one attached hydrogen (secondary N) is 2. The third kappa shape index (κ3) is 3.00. The van der Waals surface area contributed by atoms with Gasteiger partial charge in [0.25, 0.3) is 5.91 Å². The number of carbonyl (C=O) groups is 2. The van der Waals surface area contributed by atoms with E-state index in [2.05, 4.69) is 15.5 Å². The number of hydrogen-bond acceptors (Lipinski definition) is 3. The molecule has 3 N–H and O–H groups in total. The molecular formula is C14H21N3O3. The first-order valence-corrected chi connectivity index (χ1v) is 7.03. The van der Waals surface area contributed by atoms with Crippen molar-refractivity contribution in [1.82, 2.24) is 15.5 Å². The summed E-state index contributed by atoms with van der Waals surface area (Å²) in [5.41, 5.74) is 1.96. The van der Waals surface area contributed by atoms with E-state index in [4.69, 9.17) is 0 Å². The molecule has 1 aromatic heterocycles. The smallest absolute Gasteiger partial charge is 0.306 e. The standard InChI is InChI=1S/C14H21N3O3/c1-8-12(9(2)17-16-8)13(18)15-7-10-5-3-4-6-11(10)14(19)20/h10-11H,3-7H2,1-2H3,(H,15,18)(H,16,17)(H,19,20). The third-order valence-electron chi connectivity index (χ3n) is 4.11. The number of aromatic amines is 1. The Labute approximate surface area is 118 Å². The number of carboxylic acids is 1. The maximum atomic E-state index is 12.1. The largest absolute Gasteiger partial charge is 0.481 e. The molecule has 1 aliphatic carbocycles. The van der Waals surface area contributed by atoms with Crippen molar-refractivity contribution < 1.29 is 14.7 Å². The molecule has 0 radical (unpaired) electrons. The summed E-state index contributed by atoms with van der Waals surface area (Å²) in [5, 5.41) is 18.9. The molecule has 6 nitrogen and oxygen atoms in total. The van der Waals surface area contributed by atoms with Gasteiger partial charge in [0.15, 0.2) is 0 Å². The zero-order valence-corrected chi connectivity index (χ0v) is 11.9. The van der Waals surface area contributed by atoms with Crippen molar-refractivity contribution in [3.8, 4) is 0 Å². The quantitative estimate of drug-likeness (QED) is 0.781.